The first-order valence-electron chi connectivity index (χ1n) is 7.20. The number of carbonyl (C=O) groups is 2. The Kier molecular flexibility index (Phi) is 4.83. The summed E-state index contributed by atoms with van der Waals surface area (Å²) in [5.74, 6) is -1.23. The summed E-state index contributed by atoms with van der Waals surface area (Å²) in [4.78, 5) is 23.4. The third-order valence-electron chi connectivity index (χ3n) is 4.14. The molecule has 0 unspecified atom stereocenters. The van der Waals surface area contributed by atoms with Crippen LogP contribution in [0.5, 0.6) is 5.75 Å². The molecule has 1 aromatic carbocycles. The van der Waals surface area contributed by atoms with Crippen LogP contribution >= 0.6 is 0 Å². The predicted molar refractivity (Wildman–Crippen MR) is 78.0 cm³/mol. The van der Waals surface area contributed by atoms with E-state index in [1.54, 1.807) is 7.11 Å². The summed E-state index contributed by atoms with van der Waals surface area (Å²) >= 11 is 0. The summed E-state index contributed by atoms with van der Waals surface area (Å²) in [6.45, 7) is 1.89. The number of benzene rings is 1. The number of hydrogen-bond acceptors (Lipinski definition) is 3. The van der Waals surface area contributed by atoms with Gasteiger partial charge in [-0.1, -0.05) is 18.6 Å². The Morgan fingerprint density at radius 2 is 1.86 bits per heavy atom. The molecule has 0 spiro atoms. The molecule has 1 aliphatic carbocycles. The molecule has 0 saturated heterocycles. The smallest absolute Gasteiger partial charge is 0.307 e. The van der Waals surface area contributed by atoms with E-state index in [4.69, 9.17) is 9.84 Å². The minimum Gasteiger partial charge on any atom is -0.497 e. The second-order valence-corrected chi connectivity index (χ2v) is 5.49. The number of nitrogens with one attached hydrogen (secondary N) is 1. The number of carboxylic acids is 1. The Labute approximate surface area is 124 Å². The molecular formula is C16H21NO4. The average molecular weight is 291 g/mol. The lowest BCUT2D eigenvalue weighted by molar-refractivity contribution is -0.146. The van der Waals surface area contributed by atoms with E-state index in [-0.39, 0.29) is 11.9 Å². The van der Waals surface area contributed by atoms with Crippen molar-refractivity contribution in [2.75, 3.05) is 7.11 Å². The average Bonchev–Trinajstić information content (AvgIpc) is 2.97. The van der Waals surface area contributed by atoms with E-state index >= 15 is 0 Å². The van der Waals surface area contributed by atoms with Crippen molar-refractivity contribution in [2.24, 2.45) is 11.8 Å². The Balaban J connectivity index is 1.99. The van der Waals surface area contributed by atoms with Crippen molar-refractivity contribution in [3.63, 3.8) is 0 Å². The maximum absolute atomic E-state index is 12.3. The van der Waals surface area contributed by atoms with Crippen LogP contribution in [0.25, 0.3) is 0 Å². The van der Waals surface area contributed by atoms with Gasteiger partial charge in [-0.3, -0.25) is 9.59 Å². The van der Waals surface area contributed by atoms with Crippen molar-refractivity contribution in [1.82, 2.24) is 5.32 Å². The van der Waals surface area contributed by atoms with Gasteiger partial charge in [-0.05, 0) is 37.5 Å². The number of amides is 1. The fourth-order valence-corrected chi connectivity index (χ4v) is 2.87. The molecule has 1 amide bonds. The van der Waals surface area contributed by atoms with E-state index in [2.05, 4.69) is 5.32 Å². The highest BCUT2D eigenvalue weighted by molar-refractivity contribution is 5.85. The quantitative estimate of drug-likeness (QED) is 0.873. The minimum atomic E-state index is -0.871. The molecule has 0 bridgehead atoms. The maximum Gasteiger partial charge on any atom is 0.307 e. The van der Waals surface area contributed by atoms with Crippen LogP contribution in [0, 0.1) is 11.8 Å². The molecule has 5 nitrogen and oxygen atoms in total. The summed E-state index contributed by atoms with van der Waals surface area (Å²) in [6, 6.07) is 7.32. The lowest BCUT2D eigenvalue weighted by atomic mass is 9.94. The van der Waals surface area contributed by atoms with E-state index < -0.39 is 17.8 Å². The highest BCUT2D eigenvalue weighted by Crippen LogP contribution is 2.32. The predicted octanol–water partition coefficient (Wildman–Crippen LogP) is 2.37. The first-order chi connectivity index (χ1) is 10.0. The number of carboxylic acid groups (broad SMARTS) is 1. The maximum atomic E-state index is 12.3. The first-order valence-corrected chi connectivity index (χ1v) is 7.20. The highest BCUT2D eigenvalue weighted by atomic mass is 16.5. The van der Waals surface area contributed by atoms with Gasteiger partial charge < -0.3 is 15.2 Å². The molecule has 1 aromatic rings. The van der Waals surface area contributed by atoms with Crippen LogP contribution < -0.4 is 10.1 Å². The van der Waals surface area contributed by atoms with Crippen molar-refractivity contribution in [3.8, 4) is 5.75 Å². The topological polar surface area (TPSA) is 75.6 Å². The molecule has 3 atom stereocenters. The van der Waals surface area contributed by atoms with Crippen molar-refractivity contribution >= 4 is 11.9 Å². The van der Waals surface area contributed by atoms with Crippen LogP contribution in [0.2, 0.25) is 0 Å². The molecular weight excluding hydrogens is 270 g/mol. The van der Waals surface area contributed by atoms with Crippen molar-refractivity contribution in [3.05, 3.63) is 29.8 Å². The fraction of sp³-hybridized carbons (Fsp3) is 0.500. The molecule has 2 N–H and O–H groups in total. The highest BCUT2D eigenvalue weighted by Gasteiger charge is 2.38. The zero-order chi connectivity index (χ0) is 15.4. The molecule has 0 radical (unpaired) electrons. The number of rotatable bonds is 5. The van der Waals surface area contributed by atoms with E-state index in [0.29, 0.717) is 12.8 Å². The van der Waals surface area contributed by atoms with Gasteiger partial charge in [0.05, 0.1) is 25.0 Å². The number of methoxy groups -OCH3 is 1. The summed E-state index contributed by atoms with van der Waals surface area (Å²) in [7, 11) is 1.60. The van der Waals surface area contributed by atoms with Gasteiger partial charge in [-0.15, -0.1) is 0 Å². The monoisotopic (exact) mass is 291 g/mol. The van der Waals surface area contributed by atoms with E-state index in [1.165, 1.54) is 0 Å². The second kappa shape index (κ2) is 6.61. The lowest BCUT2D eigenvalue weighted by Crippen LogP contribution is -2.36. The van der Waals surface area contributed by atoms with Gasteiger partial charge in [-0.2, -0.15) is 0 Å². The van der Waals surface area contributed by atoms with Gasteiger partial charge in [0.2, 0.25) is 5.91 Å². The summed E-state index contributed by atoms with van der Waals surface area (Å²) in [6.07, 6.45) is 2.04. The molecule has 0 aliphatic heterocycles. The van der Waals surface area contributed by atoms with Crippen LogP contribution in [0.3, 0.4) is 0 Å². The zero-order valence-corrected chi connectivity index (χ0v) is 12.3. The SMILES string of the molecule is COc1ccc([C@@H](C)NC(=O)[C@@H]2CCC[C@@H]2C(=O)O)cc1. The standard InChI is InChI=1S/C16H21NO4/c1-10(11-6-8-12(21-2)9-7-11)17-15(18)13-4-3-5-14(13)16(19)20/h6-10,13-14H,3-5H2,1-2H3,(H,17,18)(H,19,20)/t10-,13-,14+/m1/s1. The summed E-state index contributed by atoms with van der Waals surface area (Å²) in [5.41, 5.74) is 0.967. The molecule has 0 heterocycles. The van der Waals surface area contributed by atoms with Crippen LogP contribution in [0.1, 0.15) is 37.8 Å². The number of ether oxygens (including phenoxy) is 1. The molecule has 2 rings (SSSR count). The fourth-order valence-electron chi connectivity index (χ4n) is 2.87. The van der Waals surface area contributed by atoms with Crippen molar-refractivity contribution < 1.29 is 19.4 Å². The molecule has 5 heteroatoms. The lowest BCUT2D eigenvalue weighted by Gasteiger charge is -2.20. The normalized spacial score (nSPS) is 22.6. The largest absolute Gasteiger partial charge is 0.497 e. The van der Waals surface area contributed by atoms with Gasteiger partial charge in [0.25, 0.3) is 0 Å². The van der Waals surface area contributed by atoms with Gasteiger partial charge in [-0.25, -0.2) is 0 Å². The molecule has 1 saturated carbocycles. The zero-order valence-electron chi connectivity index (χ0n) is 12.3. The van der Waals surface area contributed by atoms with Crippen molar-refractivity contribution in [1.29, 1.82) is 0 Å². The Hall–Kier alpha value is -2.04. The third kappa shape index (κ3) is 3.54. The third-order valence-corrected chi connectivity index (χ3v) is 4.14. The first kappa shape index (κ1) is 15.4. The van der Waals surface area contributed by atoms with Crippen LogP contribution in [0.15, 0.2) is 24.3 Å². The van der Waals surface area contributed by atoms with E-state index in [9.17, 15) is 9.59 Å². The number of carbonyl (C=O) groups excluding carboxylic acids is 1. The molecule has 21 heavy (non-hydrogen) atoms. The Morgan fingerprint density at radius 1 is 1.24 bits per heavy atom. The van der Waals surface area contributed by atoms with Crippen molar-refractivity contribution in [2.45, 2.75) is 32.2 Å². The summed E-state index contributed by atoms with van der Waals surface area (Å²) in [5, 5.41) is 12.1. The van der Waals surface area contributed by atoms with Gasteiger partial charge in [0.1, 0.15) is 5.75 Å². The van der Waals surface area contributed by atoms with Gasteiger partial charge in [0, 0.05) is 0 Å². The van der Waals surface area contributed by atoms with Gasteiger partial charge in [0.15, 0.2) is 0 Å². The van der Waals surface area contributed by atoms with Gasteiger partial charge >= 0.3 is 5.97 Å². The second-order valence-electron chi connectivity index (χ2n) is 5.49. The molecule has 0 aromatic heterocycles. The molecule has 1 fully saturated rings. The Bertz CT molecular complexity index is 512. The number of hydrogen-bond donors (Lipinski definition) is 2. The molecule has 1 aliphatic rings. The van der Waals surface area contributed by atoms with Crippen LogP contribution in [0.4, 0.5) is 0 Å². The summed E-state index contributed by atoms with van der Waals surface area (Å²) < 4.78 is 5.10. The van der Waals surface area contributed by atoms with Crippen LogP contribution in [-0.2, 0) is 9.59 Å². The molecule has 114 valence electrons. The minimum absolute atomic E-state index is 0.154. The van der Waals surface area contributed by atoms with Crippen LogP contribution in [-0.4, -0.2) is 24.1 Å². The number of aliphatic carboxylic acids is 1. The van der Waals surface area contributed by atoms with E-state index in [1.807, 2.05) is 31.2 Å². The van der Waals surface area contributed by atoms with E-state index in [0.717, 1.165) is 17.7 Å². The Morgan fingerprint density at radius 3 is 2.43 bits per heavy atom.